The molecule has 1 atom stereocenters. The highest BCUT2D eigenvalue weighted by Gasteiger charge is 2.23. The van der Waals surface area contributed by atoms with Crippen molar-refractivity contribution < 1.29 is 21.9 Å². The van der Waals surface area contributed by atoms with Gasteiger partial charge in [0.15, 0.2) is 5.82 Å². The molecule has 8 heteroatoms. The number of rotatable bonds is 7. The van der Waals surface area contributed by atoms with Crippen LogP contribution < -0.4 is 10.5 Å². The maximum atomic E-state index is 13.9. The topological polar surface area (TPSA) is 81.4 Å². The van der Waals surface area contributed by atoms with E-state index in [1.165, 1.54) is 7.11 Å². The van der Waals surface area contributed by atoms with Gasteiger partial charge >= 0.3 is 0 Å². The molecule has 0 aliphatic rings. The molecule has 0 aromatic heterocycles. The molecular formula is C12H18F2N2O3S. The van der Waals surface area contributed by atoms with Crippen LogP contribution >= 0.6 is 0 Å². The number of hydrogen-bond donors (Lipinski definition) is 2. The maximum Gasteiger partial charge on any atom is 0.243 e. The second kappa shape index (κ2) is 7.07. The first-order valence-electron chi connectivity index (χ1n) is 5.99. The smallest absolute Gasteiger partial charge is 0.243 e. The van der Waals surface area contributed by atoms with Gasteiger partial charge < -0.3 is 10.5 Å². The first-order valence-corrected chi connectivity index (χ1v) is 7.47. The molecule has 0 aliphatic heterocycles. The van der Waals surface area contributed by atoms with Gasteiger partial charge in [0.25, 0.3) is 0 Å². The van der Waals surface area contributed by atoms with Gasteiger partial charge in [-0.05, 0) is 18.1 Å². The Morgan fingerprint density at radius 1 is 1.40 bits per heavy atom. The zero-order chi connectivity index (χ0) is 15.3. The lowest BCUT2D eigenvalue weighted by atomic mass is 10.2. The Bertz CT molecular complexity index is 564. The summed E-state index contributed by atoms with van der Waals surface area (Å²) in [5.41, 5.74) is 4.77. The van der Waals surface area contributed by atoms with Gasteiger partial charge in [0.05, 0.1) is 0 Å². The van der Waals surface area contributed by atoms with E-state index in [0.717, 1.165) is 12.1 Å². The van der Waals surface area contributed by atoms with Crippen molar-refractivity contribution in [2.75, 3.05) is 20.3 Å². The van der Waals surface area contributed by atoms with Gasteiger partial charge in [-0.3, -0.25) is 0 Å². The molecule has 114 valence electrons. The monoisotopic (exact) mass is 308 g/mol. The number of benzene rings is 1. The summed E-state index contributed by atoms with van der Waals surface area (Å²) in [5, 5.41) is 0. The SMILES string of the molecule is COCC(C)CNS(=O)(=O)c1ccc(F)c(CN)c1F. The summed E-state index contributed by atoms with van der Waals surface area (Å²) in [5.74, 6) is -2.09. The third-order valence-electron chi connectivity index (χ3n) is 2.72. The van der Waals surface area contributed by atoms with Crippen LogP contribution in [0.2, 0.25) is 0 Å². The Labute approximate surface area is 117 Å². The fourth-order valence-electron chi connectivity index (χ4n) is 1.64. The van der Waals surface area contributed by atoms with E-state index in [1.807, 2.05) is 0 Å². The molecule has 5 nitrogen and oxygen atoms in total. The Balaban J connectivity index is 2.99. The van der Waals surface area contributed by atoms with Gasteiger partial charge in [0.1, 0.15) is 10.7 Å². The second-order valence-corrected chi connectivity index (χ2v) is 6.19. The molecule has 0 radical (unpaired) electrons. The van der Waals surface area contributed by atoms with Crippen molar-refractivity contribution in [3.8, 4) is 0 Å². The quantitative estimate of drug-likeness (QED) is 0.787. The predicted molar refractivity (Wildman–Crippen MR) is 70.5 cm³/mol. The van der Waals surface area contributed by atoms with E-state index >= 15 is 0 Å². The normalized spacial score (nSPS) is 13.4. The van der Waals surface area contributed by atoms with Gasteiger partial charge in [0.2, 0.25) is 10.0 Å². The molecule has 0 spiro atoms. The number of ether oxygens (including phenoxy) is 1. The number of nitrogens with two attached hydrogens (primary N) is 1. The fourth-order valence-corrected chi connectivity index (χ4v) is 2.91. The van der Waals surface area contributed by atoms with E-state index in [1.54, 1.807) is 6.92 Å². The molecule has 0 saturated carbocycles. The highest BCUT2D eigenvalue weighted by atomic mass is 32.2. The van der Waals surface area contributed by atoms with E-state index < -0.39 is 38.7 Å². The van der Waals surface area contributed by atoms with Crippen LogP contribution in [-0.2, 0) is 21.3 Å². The summed E-state index contributed by atoms with van der Waals surface area (Å²) >= 11 is 0. The van der Waals surface area contributed by atoms with Crippen LogP contribution in [0.15, 0.2) is 17.0 Å². The van der Waals surface area contributed by atoms with E-state index in [9.17, 15) is 17.2 Å². The molecule has 1 aromatic rings. The van der Waals surface area contributed by atoms with Crippen molar-refractivity contribution in [3.63, 3.8) is 0 Å². The van der Waals surface area contributed by atoms with Crippen molar-refractivity contribution >= 4 is 10.0 Å². The molecule has 3 N–H and O–H groups in total. The molecule has 0 saturated heterocycles. The number of nitrogens with one attached hydrogen (secondary N) is 1. The third kappa shape index (κ3) is 3.95. The van der Waals surface area contributed by atoms with Crippen LogP contribution in [-0.4, -0.2) is 28.7 Å². The van der Waals surface area contributed by atoms with E-state index in [0.29, 0.717) is 6.61 Å². The van der Waals surface area contributed by atoms with Crippen molar-refractivity contribution in [3.05, 3.63) is 29.3 Å². The van der Waals surface area contributed by atoms with E-state index in [4.69, 9.17) is 10.5 Å². The lowest BCUT2D eigenvalue weighted by Gasteiger charge is -2.13. The minimum absolute atomic E-state index is 0.0766. The highest BCUT2D eigenvalue weighted by molar-refractivity contribution is 7.89. The summed E-state index contributed by atoms with van der Waals surface area (Å²) in [6, 6.07) is 1.77. The van der Waals surface area contributed by atoms with Crippen molar-refractivity contribution in [2.24, 2.45) is 11.7 Å². The highest BCUT2D eigenvalue weighted by Crippen LogP contribution is 2.20. The van der Waals surface area contributed by atoms with E-state index in [2.05, 4.69) is 4.72 Å². The van der Waals surface area contributed by atoms with Crippen LogP contribution in [0.25, 0.3) is 0 Å². The minimum Gasteiger partial charge on any atom is -0.384 e. The van der Waals surface area contributed by atoms with E-state index in [-0.39, 0.29) is 12.5 Å². The summed E-state index contributed by atoms with van der Waals surface area (Å²) in [4.78, 5) is -0.607. The average molecular weight is 308 g/mol. The number of halogens is 2. The minimum atomic E-state index is -4.06. The van der Waals surface area contributed by atoms with Crippen LogP contribution in [0, 0.1) is 17.6 Å². The molecule has 0 aliphatic carbocycles. The average Bonchev–Trinajstić information content (AvgIpc) is 2.37. The molecule has 1 unspecified atom stereocenters. The zero-order valence-electron chi connectivity index (χ0n) is 11.3. The number of methoxy groups -OCH3 is 1. The third-order valence-corrected chi connectivity index (χ3v) is 4.16. The van der Waals surface area contributed by atoms with Crippen LogP contribution in [0.5, 0.6) is 0 Å². The Morgan fingerprint density at radius 2 is 2.05 bits per heavy atom. The van der Waals surface area contributed by atoms with Crippen molar-refractivity contribution in [2.45, 2.75) is 18.4 Å². The molecular weight excluding hydrogens is 290 g/mol. The Kier molecular flexibility index (Phi) is 6.00. The standard InChI is InChI=1S/C12H18F2N2O3S/c1-8(7-19-2)6-16-20(17,18)11-4-3-10(13)9(5-15)12(11)14/h3-4,8,16H,5-7,15H2,1-2H3. The summed E-state index contributed by atoms with van der Waals surface area (Å²) in [6.45, 7) is 1.81. The molecule has 20 heavy (non-hydrogen) atoms. The molecule has 0 bridgehead atoms. The molecule has 0 amide bonds. The summed E-state index contributed by atoms with van der Waals surface area (Å²) < 4.78 is 58.3. The van der Waals surface area contributed by atoms with Gasteiger partial charge in [-0.25, -0.2) is 21.9 Å². The van der Waals surface area contributed by atoms with Crippen LogP contribution in [0.4, 0.5) is 8.78 Å². The van der Waals surface area contributed by atoms with Crippen LogP contribution in [0.3, 0.4) is 0 Å². The lowest BCUT2D eigenvalue weighted by molar-refractivity contribution is 0.161. The molecule has 0 heterocycles. The van der Waals surface area contributed by atoms with Crippen molar-refractivity contribution in [1.29, 1.82) is 0 Å². The van der Waals surface area contributed by atoms with Gasteiger partial charge in [-0.2, -0.15) is 0 Å². The summed E-state index contributed by atoms with van der Waals surface area (Å²) in [6.07, 6.45) is 0. The fraction of sp³-hybridized carbons (Fsp3) is 0.500. The Morgan fingerprint density at radius 3 is 2.60 bits per heavy atom. The predicted octanol–water partition coefficient (Wildman–Crippen LogP) is 0.984. The molecule has 1 rings (SSSR count). The zero-order valence-corrected chi connectivity index (χ0v) is 12.1. The largest absolute Gasteiger partial charge is 0.384 e. The second-order valence-electron chi connectivity index (χ2n) is 4.45. The van der Waals surface area contributed by atoms with Gasteiger partial charge in [0, 0.05) is 32.4 Å². The first kappa shape index (κ1) is 17.0. The number of sulfonamides is 1. The Hall–Kier alpha value is -1.09. The first-order chi connectivity index (χ1) is 9.33. The van der Waals surface area contributed by atoms with Crippen LogP contribution in [0.1, 0.15) is 12.5 Å². The van der Waals surface area contributed by atoms with Gasteiger partial charge in [-0.1, -0.05) is 6.92 Å². The lowest BCUT2D eigenvalue weighted by Crippen LogP contribution is -2.31. The molecule has 1 aromatic carbocycles. The van der Waals surface area contributed by atoms with Gasteiger partial charge in [-0.15, -0.1) is 0 Å². The molecule has 0 fully saturated rings. The maximum absolute atomic E-state index is 13.9. The summed E-state index contributed by atoms with van der Waals surface area (Å²) in [7, 11) is -2.56. The number of hydrogen-bond acceptors (Lipinski definition) is 4. The van der Waals surface area contributed by atoms with Crippen molar-refractivity contribution in [1.82, 2.24) is 4.72 Å².